The van der Waals surface area contributed by atoms with Crippen LogP contribution in [0.1, 0.15) is 29.0 Å². The van der Waals surface area contributed by atoms with Gasteiger partial charge in [0.1, 0.15) is 52.3 Å². The van der Waals surface area contributed by atoms with Crippen molar-refractivity contribution in [3.05, 3.63) is 125 Å². The minimum absolute atomic E-state index is 0.0396. The zero-order chi connectivity index (χ0) is 43.5. The van der Waals surface area contributed by atoms with Crippen LogP contribution in [0.2, 0.25) is 0 Å². The molecule has 1 aliphatic rings. The fraction of sp³-hybridized carbons (Fsp3) is 0.282. The number of methoxy groups -OCH3 is 4. The molecule has 0 aliphatic carbocycles. The Bertz CT molecular complexity index is 2400. The quantitative estimate of drug-likeness (QED) is 0.102. The number of ether oxygens (including phenoxy) is 5. The number of aryl methyl sites for hydroxylation is 2. The number of anilines is 1. The molecule has 4 aromatic carbocycles. The molecule has 322 valence electrons. The second kappa shape index (κ2) is 23.7. The molecule has 0 spiro atoms. The lowest BCUT2D eigenvalue weighted by Crippen LogP contribution is -2.30. The summed E-state index contributed by atoms with van der Waals surface area (Å²) in [5.74, 6) is 1.70. The van der Waals surface area contributed by atoms with Crippen LogP contribution in [0.4, 0.5) is 13.9 Å². The van der Waals surface area contributed by atoms with E-state index in [0.717, 1.165) is 100 Å². The third-order valence-corrected chi connectivity index (χ3v) is 12.8. The smallest absolute Gasteiger partial charge is 0.266 e. The molecule has 60 heavy (non-hydrogen) atoms. The van der Waals surface area contributed by atoms with Gasteiger partial charge >= 0.3 is 0 Å². The lowest BCUT2D eigenvalue weighted by Gasteiger charge is -2.22. The Morgan fingerprint density at radius 1 is 0.667 bits per heavy atom. The van der Waals surface area contributed by atoms with Crippen molar-refractivity contribution in [3.63, 3.8) is 0 Å². The highest BCUT2D eigenvalue weighted by atomic mass is 35.7. The molecule has 0 amide bonds. The van der Waals surface area contributed by atoms with Gasteiger partial charge in [-0.25, -0.2) is 39.9 Å². The van der Waals surface area contributed by atoms with Gasteiger partial charge in [-0.15, -0.1) is 0 Å². The van der Waals surface area contributed by atoms with Crippen molar-refractivity contribution in [1.82, 2.24) is 18.7 Å². The van der Waals surface area contributed by atoms with E-state index in [1.807, 2.05) is 18.2 Å². The highest BCUT2D eigenvalue weighted by Crippen LogP contribution is 2.32. The summed E-state index contributed by atoms with van der Waals surface area (Å²) in [6.07, 6.45) is 7.19. The Balaban J connectivity index is 0.000000203. The van der Waals surface area contributed by atoms with Crippen molar-refractivity contribution >= 4 is 58.0 Å². The molecule has 0 radical (unpaired) electrons. The lowest BCUT2D eigenvalue weighted by molar-refractivity contribution is 0.198. The van der Waals surface area contributed by atoms with E-state index in [0.29, 0.717) is 17.1 Å². The summed E-state index contributed by atoms with van der Waals surface area (Å²) in [4.78, 5) is 8.04. The van der Waals surface area contributed by atoms with Crippen LogP contribution in [0.15, 0.2) is 107 Å². The summed E-state index contributed by atoms with van der Waals surface area (Å²) < 4.78 is 108. The summed E-state index contributed by atoms with van der Waals surface area (Å²) >= 11 is 2.38. The topological polar surface area (TPSA) is 169 Å². The zero-order valence-corrected chi connectivity index (χ0v) is 36.9. The van der Waals surface area contributed by atoms with Crippen LogP contribution < -0.4 is 23.3 Å². The SMILES string of the molecule is C1CCOC1.COc1ccc(CCc2ncns2)c(OC)c1.COc1ccc(CN(c2ncns2)S(=O)(=O)c2ccc(F)cc2)c(OC)c1.O=S(=O)(Cl)c1ccc(F)cc1. The van der Waals surface area contributed by atoms with Crippen LogP contribution in [0, 0.1) is 11.6 Å². The molecule has 14 nitrogen and oxygen atoms in total. The Labute approximate surface area is 360 Å². The normalized spacial score (nSPS) is 12.1. The number of hydrogen-bond donors (Lipinski definition) is 0. The molecule has 0 saturated carbocycles. The summed E-state index contributed by atoms with van der Waals surface area (Å²) in [5, 5.41) is 1.24. The molecule has 21 heteroatoms. The third-order valence-electron chi connectivity index (χ3n) is 8.20. The van der Waals surface area contributed by atoms with Gasteiger partial charge in [0.15, 0.2) is 0 Å². The van der Waals surface area contributed by atoms with Crippen molar-refractivity contribution < 1.29 is 49.3 Å². The van der Waals surface area contributed by atoms with Gasteiger partial charge in [-0.3, -0.25) is 0 Å². The molecule has 1 fully saturated rings. The molecule has 0 N–H and O–H groups in total. The highest BCUT2D eigenvalue weighted by Gasteiger charge is 2.28. The fourth-order valence-electron chi connectivity index (χ4n) is 5.12. The van der Waals surface area contributed by atoms with Gasteiger partial charge in [-0.1, -0.05) is 6.07 Å². The number of nitrogens with zero attached hydrogens (tertiary/aromatic N) is 5. The number of benzene rings is 4. The minimum Gasteiger partial charge on any atom is -0.497 e. The van der Waals surface area contributed by atoms with Crippen molar-refractivity contribution in [1.29, 1.82) is 0 Å². The number of sulfonamides is 1. The van der Waals surface area contributed by atoms with E-state index in [4.69, 9.17) is 34.4 Å². The summed E-state index contributed by atoms with van der Waals surface area (Å²) in [5.41, 5.74) is 1.77. The number of hydrogen-bond acceptors (Lipinski definition) is 15. The predicted octanol–water partition coefficient (Wildman–Crippen LogP) is 7.98. The van der Waals surface area contributed by atoms with E-state index >= 15 is 0 Å². The first-order chi connectivity index (χ1) is 28.8. The van der Waals surface area contributed by atoms with Gasteiger partial charge in [-0.2, -0.15) is 8.75 Å². The van der Waals surface area contributed by atoms with Gasteiger partial charge < -0.3 is 23.7 Å². The Morgan fingerprint density at radius 3 is 1.63 bits per heavy atom. The molecule has 1 saturated heterocycles. The van der Waals surface area contributed by atoms with E-state index in [1.165, 1.54) is 57.1 Å². The third kappa shape index (κ3) is 14.6. The van der Waals surface area contributed by atoms with Gasteiger partial charge in [0.2, 0.25) is 5.13 Å². The fourth-order valence-corrected chi connectivity index (χ4v) is 8.52. The van der Waals surface area contributed by atoms with Gasteiger partial charge in [0.05, 0.1) is 44.8 Å². The van der Waals surface area contributed by atoms with Gasteiger partial charge in [0, 0.05) is 59.5 Å². The number of halogens is 3. The molecule has 6 aromatic rings. The summed E-state index contributed by atoms with van der Waals surface area (Å²) in [6.45, 7) is 1.96. The predicted molar refractivity (Wildman–Crippen MR) is 226 cm³/mol. The van der Waals surface area contributed by atoms with Crippen molar-refractivity contribution in [2.45, 2.75) is 42.0 Å². The summed E-state index contributed by atoms with van der Waals surface area (Å²) in [7, 11) is 3.59. The Morgan fingerprint density at radius 2 is 1.18 bits per heavy atom. The second-order valence-electron chi connectivity index (χ2n) is 12.1. The first-order valence-corrected chi connectivity index (χ1v) is 23.1. The number of rotatable bonds is 13. The summed E-state index contributed by atoms with van der Waals surface area (Å²) in [6, 6.07) is 19.9. The van der Waals surface area contributed by atoms with Crippen LogP contribution in [0.5, 0.6) is 23.0 Å². The van der Waals surface area contributed by atoms with Gasteiger partial charge in [0.25, 0.3) is 19.1 Å². The average Bonchev–Trinajstić information content (AvgIpc) is 4.09. The van der Waals surface area contributed by atoms with E-state index in [1.54, 1.807) is 38.7 Å². The molecule has 3 heterocycles. The van der Waals surface area contributed by atoms with Crippen LogP contribution in [-0.4, -0.2) is 77.2 Å². The van der Waals surface area contributed by atoms with E-state index in [9.17, 15) is 25.6 Å². The average molecular weight is 927 g/mol. The van der Waals surface area contributed by atoms with Crippen molar-refractivity contribution in [2.24, 2.45) is 0 Å². The highest BCUT2D eigenvalue weighted by molar-refractivity contribution is 8.13. The molecule has 0 unspecified atom stereocenters. The van der Waals surface area contributed by atoms with Crippen LogP contribution in [-0.2, 0) is 43.2 Å². The van der Waals surface area contributed by atoms with E-state index in [2.05, 4.69) is 18.7 Å². The first-order valence-electron chi connectivity index (χ1n) is 17.8. The zero-order valence-electron chi connectivity index (χ0n) is 32.9. The van der Waals surface area contributed by atoms with Gasteiger partial charge in [-0.05, 0) is 103 Å². The molecule has 7 rings (SSSR count). The van der Waals surface area contributed by atoms with E-state index in [-0.39, 0.29) is 21.5 Å². The molecule has 2 aromatic heterocycles. The molecular formula is C39H42ClF2N5O9S4. The number of aromatic nitrogens is 4. The second-order valence-corrected chi connectivity index (χ2v) is 18.1. The van der Waals surface area contributed by atoms with Crippen molar-refractivity contribution in [2.75, 3.05) is 46.0 Å². The minimum atomic E-state index is -3.99. The van der Waals surface area contributed by atoms with Crippen LogP contribution >= 0.6 is 33.7 Å². The molecular weight excluding hydrogens is 884 g/mol. The Hall–Kier alpha value is -4.99. The maximum Gasteiger partial charge on any atom is 0.266 e. The Kier molecular flexibility index (Phi) is 18.8. The molecule has 0 atom stereocenters. The van der Waals surface area contributed by atoms with Crippen LogP contribution in [0.25, 0.3) is 0 Å². The molecule has 1 aliphatic heterocycles. The van der Waals surface area contributed by atoms with Crippen molar-refractivity contribution in [3.8, 4) is 23.0 Å². The maximum absolute atomic E-state index is 13.2. The maximum atomic E-state index is 13.2. The van der Waals surface area contributed by atoms with Crippen LogP contribution in [0.3, 0.4) is 0 Å². The molecule has 0 bridgehead atoms. The monoisotopic (exact) mass is 925 g/mol. The lowest BCUT2D eigenvalue weighted by atomic mass is 10.1. The first kappa shape index (κ1) is 47.7. The largest absolute Gasteiger partial charge is 0.497 e. The standard InChI is InChI=1S/C17H16FN3O4S2.C12H14N2O2S.C6H4ClFO2S.C4H8O/c1-24-14-6-3-12(16(9-14)25-2)10-21(17-19-11-20-26-17)27(22,23)15-7-4-13(18)5-8-15;1-15-10-5-3-9(11(7-10)16-2)4-6-12-13-8-14-17-12;7-11(9,10)6-3-1-5(8)2-4-6;1-2-4-5-3-1/h3-9,11H,10H2,1-2H3;3,5,7-8H,4,6H2,1-2H3;1-4H;1-4H2. The van der Waals surface area contributed by atoms with E-state index < -0.39 is 30.7 Å².